The number of nitrogens with one attached hydrogen (secondary N) is 1. The van der Waals surface area contributed by atoms with Crippen LogP contribution in [0.25, 0.3) is 5.78 Å². The van der Waals surface area contributed by atoms with Crippen LogP contribution in [0.4, 0.5) is 5.95 Å². The molecule has 3 aromatic rings. The molecule has 0 saturated carbocycles. The van der Waals surface area contributed by atoms with E-state index in [9.17, 15) is 4.79 Å². The molecule has 0 atom stereocenters. The number of rotatable bonds is 2. The molecule has 2 heterocycles. The Morgan fingerprint density at radius 2 is 1.90 bits per heavy atom. The monoisotopic (exact) mass is 267 g/mol. The number of carbonyl (C=O) groups excluding carboxylic acids is 1. The second kappa shape index (κ2) is 4.73. The van der Waals surface area contributed by atoms with Gasteiger partial charge in [0.25, 0.3) is 17.6 Å². The van der Waals surface area contributed by atoms with Crippen molar-refractivity contribution < 1.29 is 4.79 Å². The van der Waals surface area contributed by atoms with Gasteiger partial charge in [-0.1, -0.05) is 18.2 Å². The van der Waals surface area contributed by atoms with Gasteiger partial charge in [-0.05, 0) is 32.0 Å². The Bertz CT molecular complexity index is 779. The molecule has 0 spiro atoms. The van der Waals surface area contributed by atoms with Crippen LogP contribution in [0.15, 0.2) is 36.4 Å². The topological polar surface area (TPSA) is 72.2 Å². The maximum Gasteiger partial charge on any atom is 0.258 e. The zero-order valence-electron chi connectivity index (χ0n) is 11.2. The third-order valence-corrected chi connectivity index (χ3v) is 2.88. The van der Waals surface area contributed by atoms with Crippen LogP contribution in [-0.2, 0) is 0 Å². The molecule has 0 unspecified atom stereocenters. The summed E-state index contributed by atoms with van der Waals surface area (Å²) in [6.07, 6.45) is 0. The van der Waals surface area contributed by atoms with Crippen molar-refractivity contribution in [3.63, 3.8) is 0 Å². The van der Waals surface area contributed by atoms with Crippen molar-refractivity contribution in [3.05, 3.63) is 53.3 Å². The van der Waals surface area contributed by atoms with Crippen molar-refractivity contribution in [2.45, 2.75) is 13.8 Å². The van der Waals surface area contributed by atoms with E-state index in [0.717, 1.165) is 11.4 Å². The highest BCUT2D eigenvalue weighted by Crippen LogP contribution is 2.09. The third-order valence-electron chi connectivity index (χ3n) is 2.88. The van der Waals surface area contributed by atoms with Gasteiger partial charge < -0.3 is 0 Å². The summed E-state index contributed by atoms with van der Waals surface area (Å²) in [4.78, 5) is 20.5. The highest BCUT2D eigenvalue weighted by atomic mass is 16.1. The van der Waals surface area contributed by atoms with Gasteiger partial charge in [0.1, 0.15) is 0 Å². The Hall–Kier alpha value is -2.76. The highest BCUT2D eigenvalue weighted by molar-refractivity contribution is 6.03. The van der Waals surface area contributed by atoms with Gasteiger partial charge in [0.05, 0.1) is 0 Å². The van der Waals surface area contributed by atoms with Crippen molar-refractivity contribution in [3.8, 4) is 0 Å². The number of hydrogen-bond acceptors (Lipinski definition) is 4. The van der Waals surface area contributed by atoms with Crippen LogP contribution in [-0.4, -0.2) is 25.5 Å². The van der Waals surface area contributed by atoms with E-state index in [1.54, 1.807) is 28.8 Å². The lowest BCUT2D eigenvalue weighted by Gasteiger charge is -1.99. The van der Waals surface area contributed by atoms with E-state index in [0.29, 0.717) is 11.3 Å². The number of benzene rings is 1. The summed E-state index contributed by atoms with van der Waals surface area (Å²) < 4.78 is 1.60. The minimum absolute atomic E-state index is 0.240. The number of amides is 1. The van der Waals surface area contributed by atoms with Gasteiger partial charge in [-0.25, -0.2) is 4.98 Å². The molecular formula is C14H13N5O. The molecule has 2 aromatic heterocycles. The smallest absolute Gasteiger partial charge is 0.258 e. The van der Waals surface area contributed by atoms with Gasteiger partial charge in [-0.3, -0.25) is 10.1 Å². The normalized spacial score (nSPS) is 10.7. The first-order valence-corrected chi connectivity index (χ1v) is 6.21. The Morgan fingerprint density at radius 3 is 2.65 bits per heavy atom. The largest absolute Gasteiger partial charge is 0.289 e. The van der Waals surface area contributed by atoms with Crippen molar-refractivity contribution >= 4 is 17.6 Å². The standard InChI is InChI=1S/C14H13N5O/c1-9-8-10(2)19-14(15-9)17-13(18-19)16-12(20)11-6-4-3-5-7-11/h3-8H,1-2H3,(H,16,18,20). The van der Waals surface area contributed by atoms with Gasteiger partial charge in [0.15, 0.2) is 0 Å². The lowest BCUT2D eigenvalue weighted by molar-refractivity contribution is 0.102. The van der Waals surface area contributed by atoms with Crippen LogP contribution in [0.2, 0.25) is 0 Å². The number of nitrogens with zero attached hydrogens (tertiary/aromatic N) is 4. The Labute approximate surface area is 115 Å². The Balaban J connectivity index is 1.92. The van der Waals surface area contributed by atoms with E-state index >= 15 is 0 Å². The second-order valence-electron chi connectivity index (χ2n) is 4.51. The Kier molecular flexibility index (Phi) is 2.90. The molecule has 1 aromatic carbocycles. The van der Waals surface area contributed by atoms with Crippen LogP contribution in [0.1, 0.15) is 21.7 Å². The zero-order valence-corrected chi connectivity index (χ0v) is 11.2. The predicted octanol–water partition coefficient (Wildman–Crippen LogP) is 1.99. The molecule has 6 nitrogen and oxygen atoms in total. The maximum atomic E-state index is 12.0. The quantitative estimate of drug-likeness (QED) is 0.770. The summed E-state index contributed by atoms with van der Waals surface area (Å²) in [5.41, 5.74) is 2.34. The lowest BCUT2D eigenvalue weighted by atomic mass is 10.2. The summed E-state index contributed by atoms with van der Waals surface area (Å²) >= 11 is 0. The first-order valence-electron chi connectivity index (χ1n) is 6.21. The molecule has 6 heteroatoms. The average Bonchev–Trinajstić information content (AvgIpc) is 2.82. The number of aromatic nitrogens is 4. The van der Waals surface area contributed by atoms with E-state index in [-0.39, 0.29) is 11.9 Å². The lowest BCUT2D eigenvalue weighted by Crippen LogP contribution is -2.12. The molecule has 0 aliphatic heterocycles. The molecule has 0 bridgehead atoms. The number of hydrogen-bond donors (Lipinski definition) is 1. The number of aryl methyl sites for hydroxylation is 2. The van der Waals surface area contributed by atoms with Crippen LogP contribution < -0.4 is 5.32 Å². The van der Waals surface area contributed by atoms with Crippen LogP contribution in [0, 0.1) is 13.8 Å². The van der Waals surface area contributed by atoms with E-state index in [1.807, 2.05) is 26.0 Å². The van der Waals surface area contributed by atoms with E-state index in [2.05, 4.69) is 20.4 Å². The number of fused-ring (bicyclic) bond motifs is 1. The molecule has 0 aliphatic rings. The fraction of sp³-hybridized carbons (Fsp3) is 0.143. The maximum absolute atomic E-state index is 12.0. The molecule has 20 heavy (non-hydrogen) atoms. The molecule has 1 N–H and O–H groups in total. The first kappa shape index (κ1) is 12.3. The second-order valence-corrected chi connectivity index (χ2v) is 4.51. The number of carbonyl (C=O) groups is 1. The molecule has 0 fully saturated rings. The van der Waals surface area contributed by atoms with Gasteiger partial charge in [0.2, 0.25) is 0 Å². The van der Waals surface area contributed by atoms with Crippen molar-refractivity contribution in [1.29, 1.82) is 0 Å². The summed E-state index contributed by atoms with van der Waals surface area (Å²) in [6.45, 7) is 3.81. The van der Waals surface area contributed by atoms with E-state index in [4.69, 9.17) is 0 Å². The predicted molar refractivity (Wildman–Crippen MR) is 74.7 cm³/mol. The van der Waals surface area contributed by atoms with Crippen LogP contribution in [0.3, 0.4) is 0 Å². The fourth-order valence-corrected chi connectivity index (χ4v) is 1.98. The van der Waals surface area contributed by atoms with Crippen molar-refractivity contribution in [2.24, 2.45) is 0 Å². The van der Waals surface area contributed by atoms with Gasteiger partial charge >= 0.3 is 0 Å². The summed E-state index contributed by atoms with van der Waals surface area (Å²) in [5.74, 6) is 0.488. The molecule has 1 amide bonds. The van der Waals surface area contributed by atoms with Crippen molar-refractivity contribution in [2.75, 3.05) is 5.32 Å². The minimum Gasteiger partial charge on any atom is -0.289 e. The van der Waals surface area contributed by atoms with Gasteiger partial charge in [-0.15, -0.1) is 5.10 Å². The summed E-state index contributed by atoms with van der Waals surface area (Å²) in [7, 11) is 0. The summed E-state index contributed by atoms with van der Waals surface area (Å²) in [5, 5.41) is 6.90. The van der Waals surface area contributed by atoms with E-state index in [1.165, 1.54) is 0 Å². The number of anilines is 1. The van der Waals surface area contributed by atoms with Crippen molar-refractivity contribution in [1.82, 2.24) is 19.6 Å². The first-order chi connectivity index (χ1) is 9.63. The fourth-order valence-electron chi connectivity index (χ4n) is 1.98. The minimum atomic E-state index is -0.240. The molecule has 100 valence electrons. The molecular weight excluding hydrogens is 254 g/mol. The van der Waals surface area contributed by atoms with Crippen LogP contribution in [0.5, 0.6) is 0 Å². The molecule has 3 rings (SSSR count). The summed E-state index contributed by atoms with van der Waals surface area (Å²) in [6, 6.07) is 10.8. The zero-order chi connectivity index (χ0) is 14.1. The highest BCUT2D eigenvalue weighted by Gasteiger charge is 2.11. The van der Waals surface area contributed by atoms with E-state index < -0.39 is 0 Å². The SMILES string of the molecule is Cc1cc(C)n2nc(NC(=O)c3ccccc3)nc2n1. The molecule has 0 saturated heterocycles. The Morgan fingerprint density at radius 1 is 1.15 bits per heavy atom. The van der Waals surface area contributed by atoms with Gasteiger partial charge in [0, 0.05) is 17.0 Å². The molecule has 0 radical (unpaired) electrons. The third kappa shape index (κ3) is 2.23. The average molecular weight is 267 g/mol. The van der Waals surface area contributed by atoms with Crippen LogP contribution >= 0.6 is 0 Å². The van der Waals surface area contributed by atoms with Gasteiger partial charge in [-0.2, -0.15) is 9.50 Å². The molecule has 0 aliphatic carbocycles.